The van der Waals surface area contributed by atoms with Crippen LogP contribution in [0.4, 0.5) is 0 Å². The molecule has 0 aliphatic heterocycles. The second kappa shape index (κ2) is 8.91. The number of H-pyrrole nitrogens is 1. The normalized spacial score (nSPS) is 10.4. The molecule has 7 heteroatoms. The Labute approximate surface area is 173 Å². The van der Waals surface area contributed by atoms with Gasteiger partial charge < -0.3 is 14.8 Å². The second-order valence-corrected chi connectivity index (χ2v) is 6.47. The number of nitrogens with one attached hydrogen (secondary N) is 2. The van der Waals surface area contributed by atoms with Crippen LogP contribution < -0.4 is 14.8 Å². The Bertz CT molecular complexity index is 1140. The average molecular weight is 400 g/mol. The lowest BCUT2D eigenvalue weighted by atomic mass is 10.1. The molecule has 2 aromatic carbocycles. The lowest BCUT2D eigenvalue weighted by Crippen LogP contribution is -2.23. The molecule has 0 aliphatic rings. The van der Waals surface area contributed by atoms with Crippen molar-refractivity contribution < 1.29 is 14.3 Å². The van der Waals surface area contributed by atoms with Crippen molar-refractivity contribution in [2.24, 2.45) is 0 Å². The Hall–Kier alpha value is -4.13. The molecule has 2 heterocycles. The van der Waals surface area contributed by atoms with E-state index < -0.39 is 0 Å². The standard InChI is InChI=1S/C23H20N4O3/c1-29-21-10-3-2-9-18(21)19-14-20(27-26-19)23(28)25-15-16-7-6-8-17(13-16)30-22-11-4-5-12-24-22/h2-14H,15H2,1H3,(H,25,28)(H,26,27). The lowest BCUT2D eigenvalue weighted by molar-refractivity contribution is 0.0946. The van der Waals surface area contributed by atoms with Gasteiger partial charge in [0.05, 0.1) is 12.8 Å². The predicted molar refractivity (Wildman–Crippen MR) is 112 cm³/mol. The van der Waals surface area contributed by atoms with E-state index in [0.29, 0.717) is 35.3 Å². The number of rotatable bonds is 7. The summed E-state index contributed by atoms with van der Waals surface area (Å²) in [6.07, 6.45) is 1.67. The van der Waals surface area contributed by atoms with Crippen LogP contribution in [-0.4, -0.2) is 28.2 Å². The summed E-state index contributed by atoms with van der Waals surface area (Å²) in [5.41, 5.74) is 2.73. The van der Waals surface area contributed by atoms with Gasteiger partial charge in [-0.15, -0.1) is 0 Å². The van der Waals surface area contributed by atoms with Crippen molar-refractivity contribution in [3.05, 3.63) is 90.3 Å². The molecule has 0 aliphatic carbocycles. The third-order valence-corrected chi connectivity index (χ3v) is 4.42. The number of benzene rings is 2. The molecule has 0 saturated heterocycles. The zero-order valence-corrected chi connectivity index (χ0v) is 16.3. The van der Waals surface area contributed by atoms with Crippen molar-refractivity contribution in [1.29, 1.82) is 0 Å². The summed E-state index contributed by atoms with van der Waals surface area (Å²) in [6, 6.07) is 22.2. The Morgan fingerprint density at radius 3 is 2.73 bits per heavy atom. The number of nitrogens with zero attached hydrogens (tertiary/aromatic N) is 2. The summed E-state index contributed by atoms with van der Waals surface area (Å²) in [7, 11) is 1.60. The molecular weight excluding hydrogens is 380 g/mol. The van der Waals surface area contributed by atoms with E-state index in [1.165, 1.54) is 0 Å². The molecule has 0 fully saturated rings. The van der Waals surface area contributed by atoms with Gasteiger partial charge in [0.2, 0.25) is 5.88 Å². The Morgan fingerprint density at radius 1 is 1.03 bits per heavy atom. The number of carbonyl (C=O) groups is 1. The zero-order valence-electron chi connectivity index (χ0n) is 16.3. The first-order valence-electron chi connectivity index (χ1n) is 9.38. The van der Waals surface area contributed by atoms with Crippen molar-refractivity contribution in [2.45, 2.75) is 6.54 Å². The van der Waals surface area contributed by atoms with Gasteiger partial charge in [-0.05, 0) is 42.0 Å². The number of amides is 1. The quantitative estimate of drug-likeness (QED) is 0.485. The predicted octanol–water partition coefficient (Wildman–Crippen LogP) is 4.20. The SMILES string of the molecule is COc1ccccc1-c1cc(C(=O)NCc2cccc(Oc3ccccn3)c2)[nH]n1. The van der Waals surface area contributed by atoms with E-state index in [4.69, 9.17) is 9.47 Å². The van der Waals surface area contributed by atoms with Gasteiger partial charge in [0.25, 0.3) is 5.91 Å². The molecule has 0 unspecified atom stereocenters. The summed E-state index contributed by atoms with van der Waals surface area (Å²) < 4.78 is 11.1. The molecule has 1 amide bonds. The molecule has 7 nitrogen and oxygen atoms in total. The van der Waals surface area contributed by atoms with E-state index in [0.717, 1.165) is 11.1 Å². The summed E-state index contributed by atoms with van der Waals surface area (Å²) >= 11 is 0. The highest BCUT2D eigenvalue weighted by atomic mass is 16.5. The first kappa shape index (κ1) is 19.2. The number of carbonyl (C=O) groups excluding carboxylic acids is 1. The van der Waals surface area contributed by atoms with Crippen molar-refractivity contribution >= 4 is 5.91 Å². The molecule has 0 atom stereocenters. The molecule has 4 aromatic rings. The van der Waals surface area contributed by atoms with Crippen LogP contribution in [0.3, 0.4) is 0 Å². The maximum absolute atomic E-state index is 12.5. The number of hydrogen-bond acceptors (Lipinski definition) is 5. The Balaban J connectivity index is 1.41. The fraction of sp³-hybridized carbons (Fsp3) is 0.0870. The van der Waals surface area contributed by atoms with Gasteiger partial charge in [0.1, 0.15) is 17.2 Å². The third-order valence-electron chi connectivity index (χ3n) is 4.42. The average Bonchev–Trinajstić information content (AvgIpc) is 3.29. The van der Waals surface area contributed by atoms with Gasteiger partial charge in [-0.3, -0.25) is 9.89 Å². The minimum absolute atomic E-state index is 0.250. The van der Waals surface area contributed by atoms with Gasteiger partial charge >= 0.3 is 0 Å². The van der Waals surface area contributed by atoms with Gasteiger partial charge in [0, 0.05) is 24.4 Å². The van der Waals surface area contributed by atoms with Crippen molar-refractivity contribution in [2.75, 3.05) is 7.11 Å². The minimum Gasteiger partial charge on any atom is -0.496 e. The maximum Gasteiger partial charge on any atom is 0.269 e. The fourth-order valence-electron chi connectivity index (χ4n) is 2.96. The van der Waals surface area contributed by atoms with Crippen LogP contribution in [0.1, 0.15) is 16.1 Å². The van der Waals surface area contributed by atoms with Crippen LogP contribution in [0.2, 0.25) is 0 Å². The maximum atomic E-state index is 12.5. The Kier molecular flexibility index (Phi) is 5.70. The van der Waals surface area contributed by atoms with Gasteiger partial charge in [-0.2, -0.15) is 5.10 Å². The molecule has 150 valence electrons. The lowest BCUT2D eigenvalue weighted by Gasteiger charge is -2.07. The highest BCUT2D eigenvalue weighted by Gasteiger charge is 2.13. The number of aromatic nitrogens is 3. The smallest absolute Gasteiger partial charge is 0.269 e. The monoisotopic (exact) mass is 400 g/mol. The molecule has 0 bridgehead atoms. The number of hydrogen-bond donors (Lipinski definition) is 2. The molecule has 0 radical (unpaired) electrons. The number of pyridine rings is 1. The first-order chi connectivity index (χ1) is 14.7. The number of para-hydroxylation sites is 1. The van der Waals surface area contributed by atoms with E-state index >= 15 is 0 Å². The van der Waals surface area contributed by atoms with E-state index in [1.54, 1.807) is 25.4 Å². The van der Waals surface area contributed by atoms with E-state index in [2.05, 4.69) is 20.5 Å². The molecule has 2 aromatic heterocycles. The van der Waals surface area contributed by atoms with Crippen LogP contribution in [0.5, 0.6) is 17.4 Å². The number of aromatic amines is 1. The molecule has 30 heavy (non-hydrogen) atoms. The third kappa shape index (κ3) is 4.47. The Morgan fingerprint density at radius 2 is 1.90 bits per heavy atom. The summed E-state index contributed by atoms with van der Waals surface area (Å²) in [4.78, 5) is 16.7. The molecule has 2 N–H and O–H groups in total. The molecule has 4 rings (SSSR count). The highest BCUT2D eigenvalue weighted by Crippen LogP contribution is 2.28. The van der Waals surface area contributed by atoms with Crippen LogP contribution in [0.15, 0.2) is 79.0 Å². The topological polar surface area (TPSA) is 89.1 Å². The fourth-order valence-corrected chi connectivity index (χ4v) is 2.96. The van der Waals surface area contributed by atoms with E-state index in [1.807, 2.05) is 60.7 Å². The molecule has 0 saturated carbocycles. The van der Waals surface area contributed by atoms with Crippen molar-refractivity contribution in [1.82, 2.24) is 20.5 Å². The van der Waals surface area contributed by atoms with Gasteiger partial charge in [0.15, 0.2) is 0 Å². The summed E-state index contributed by atoms with van der Waals surface area (Å²) in [5.74, 6) is 1.61. The highest BCUT2D eigenvalue weighted by molar-refractivity contribution is 5.93. The second-order valence-electron chi connectivity index (χ2n) is 6.47. The van der Waals surface area contributed by atoms with E-state index in [-0.39, 0.29) is 5.91 Å². The zero-order chi connectivity index (χ0) is 20.8. The van der Waals surface area contributed by atoms with Crippen LogP contribution in [0, 0.1) is 0 Å². The number of methoxy groups -OCH3 is 1. The van der Waals surface area contributed by atoms with E-state index in [9.17, 15) is 4.79 Å². The number of ether oxygens (including phenoxy) is 2. The molecular formula is C23H20N4O3. The van der Waals surface area contributed by atoms with Crippen LogP contribution in [0.25, 0.3) is 11.3 Å². The largest absolute Gasteiger partial charge is 0.496 e. The minimum atomic E-state index is -0.250. The van der Waals surface area contributed by atoms with Gasteiger partial charge in [-0.1, -0.05) is 30.3 Å². The van der Waals surface area contributed by atoms with Crippen molar-refractivity contribution in [3.8, 4) is 28.6 Å². The summed E-state index contributed by atoms with van der Waals surface area (Å²) in [5, 5.41) is 9.91. The van der Waals surface area contributed by atoms with Crippen LogP contribution in [-0.2, 0) is 6.54 Å². The van der Waals surface area contributed by atoms with Gasteiger partial charge in [-0.25, -0.2) is 4.98 Å². The first-order valence-corrected chi connectivity index (χ1v) is 9.38. The van der Waals surface area contributed by atoms with Crippen LogP contribution >= 0.6 is 0 Å². The van der Waals surface area contributed by atoms with Crippen molar-refractivity contribution in [3.63, 3.8) is 0 Å². The summed E-state index contributed by atoms with van der Waals surface area (Å²) in [6.45, 7) is 0.348. The molecule has 0 spiro atoms.